The average Bonchev–Trinajstić information content (AvgIpc) is 2.77. The van der Waals surface area contributed by atoms with Crippen molar-refractivity contribution in [3.63, 3.8) is 0 Å². The third-order valence-corrected chi connectivity index (χ3v) is 4.17. The van der Waals surface area contributed by atoms with E-state index in [1.165, 1.54) is 15.6 Å². The van der Waals surface area contributed by atoms with E-state index in [0.29, 0.717) is 6.04 Å². The van der Waals surface area contributed by atoms with Crippen molar-refractivity contribution >= 4 is 21.4 Å². The molecule has 19 heavy (non-hydrogen) atoms. The van der Waals surface area contributed by atoms with E-state index in [2.05, 4.69) is 55.7 Å². The van der Waals surface area contributed by atoms with E-state index in [9.17, 15) is 0 Å². The Morgan fingerprint density at radius 3 is 2.68 bits per heavy atom. The van der Waals surface area contributed by atoms with Gasteiger partial charge in [-0.05, 0) is 56.6 Å². The molecule has 0 saturated heterocycles. The minimum absolute atomic E-state index is 0.0776. The van der Waals surface area contributed by atoms with Gasteiger partial charge in [0.15, 0.2) is 0 Å². The topological polar surface area (TPSA) is 21.3 Å². The molecule has 0 spiro atoms. The van der Waals surface area contributed by atoms with Crippen LogP contribution in [0.1, 0.15) is 26.3 Å². The molecule has 0 saturated carbocycles. The van der Waals surface area contributed by atoms with E-state index < -0.39 is 0 Å². The molecule has 0 fully saturated rings. The van der Waals surface area contributed by atoms with Gasteiger partial charge in [-0.1, -0.05) is 18.2 Å². The molecule has 2 nitrogen and oxygen atoms in total. The minimum atomic E-state index is -0.0776. The van der Waals surface area contributed by atoms with Crippen molar-refractivity contribution in [1.82, 2.24) is 5.32 Å². The van der Waals surface area contributed by atoms with Gasteiger partial charge >= 0.3 is 0 Å². The van der Waals surface area contributed by atoms with Crippen LogP contribution in [0.4, 0.5) is 0 Å². The van der Waals surface area contributed by atoms with Gasteiger partial charge in [0.1, 0.15) is 0 Å². The Balaban J connectivity index is 2.06. The Morgan fingerprint density at radius 1 is 1.26 bits per heavy atom. The van der Waals surface area contributed by atoms with E-state index in [1.807, 2.05) is 18.4 Å². The SMILES string of the molecule is CNC(COC(C)(C)C)Cc1csc2ccccc12. The highest BCUT2D eigenvalue weighted by Gasteiger charge is 2.16. The Morgan fingerprint density at radius 2 is 2.00 bits per heavy atom. The molecular formula is C16H23NOS. The van der Waals surface area contributed by atoms with Crippen LogP contribution in [-0.2, 0) is 11.2 Å². The third-order valence-electron chi connectivity index (χ3n) is 3.15. The molecule has 3 heteroatoms. The van der Waals surface area contributed by atoms with Gasteiger partial charge in [0, 0.05) is 10.7 Å². The van der Waals surface area contributed by atoms with Gasteiger partial charge in [0.25, 0.3) is 0 Å². The zero-order chi connectivity index (χ0) is 13.9. The average molecular weight is 277 g/mol. The normalized spacial score (nSPS) is 13.9. The molecule has 1 aromatic carbocycles. The van der Waals surface area contributed by atoms with E-state index in [1.54, 1.807) is 0 Å². The molecular weight excluding hydrogens is 254 g/mol. The molecule has 1 N–H and O–H groups in total. The van der Waals surface area contributed by atoms with Crippen molar-refractivity contribution in [2.75, 3.05) is 13.7 Å². The number of nitrogens with one attached hydrogen (secondary N) is 1. The van der Waals surface area contributed by atoms with Crippen LogP contribution in [0.2, 0.25) is 0 Å². The summed E-state index contributed by atoms with van der Waals surface area (Å²) in [7, 11) is 2.01. The number of thiophene rings is 1. The van der Waals surface area contributed by atoms with Crippen LogP contribution >= 0.6 is 11.3 Å². The fraction of sp³-hybridized carbons (Fsp3) is 0.500. The van der Waals surface area contributed by atoms with Crippen molar-refractivity contribution < 1.29 is 4.74 Å². The number of likely N-dealkylation sites (N-methyl/N-ethyl adjacent to an activating group) is 1. The first-order valence-electron chi connectivity index (χ1n) is 6.76. The lowest BCUT2D eigenvalue weighted by atomic mass is 10.1. The maximum absolute atomic E-state index is 5.88. The van der Waals surface area contributed by atoms with Crippen molar-refractivity contribution in [1.29, 1.82) is 0 Å². The Hall–Kier alpha value is -0.900. The number of hydrogen-bond acceptors (Lipinski definition) is 3. The maximum Gasteiger partial charge on any atom is 0.0629 e. The second-order valence-corrected chi connectivity index (χ2v) is 6.78. The van der Waals surface area contributed by atoms with Crippen molar-refractivity contribution in [2.45, 2.75) is 38.8 Å². The van der Waals surface area contributed by atoms with E-state index in [-0.39, 0.29) is 5.60 Å². The van der Waals surface area contributed by atoms with Crippen LogP contribution in [0.25, 0.3) is 10.1 Å². The largest absolute Gasteiger partial charge is 0.374 e. The van der Waals surface area contributed by atoms with Gasteiger partial charge in [0.05, 0.1) is 12.2 Å². The highest BCUT2D eigenvalue weighted by atomic mass is 32.1. The number of fused-ring (bicyclic) bond motifs is 1. The minimum Gasteiger partial charge on any atom is -0.374 e. The Bertz CT molecular complexity index is 527. The first-order chi connectivity index (χ1) is 8.99. The van der Waals surface area contributed by atoms with Crippen LogP contribution in [-0.4, -0.2) is 25.3 Å². The van der Waals surface area contributed by atoms with Crippen molar-refractivity contribution in [2.24, 2.45) is 0 Å². The highest BCUT2D eigenvalue weighted by Crippen LogP contribution is 2.26. The van der Waals surface area contributed by atoms with Crippen LogP contribution in [0.3, 0.4) is 0 Å². The summed E-state index contributed by atoms with van der Waals surface area (Å²) in [6.07, 6.45) is 1.01. The molecule has 1 unspecified atom stereocenters. The highest BCUT2D eigenvalue weighted by molar-refractivity contribution is 7.17. The standard InChI is InChI=1S/C16H23NOS/c1-16(2,3)18-10-13(17-4)9-12-11-19-15-8-6-5-7-14(12)15/h5-8,11,13,17H,9-10H2,1-4H3. The summed E-state index contributed by atoms with van der Waals surface area (Å²) in [6, 6.07) is 8.96. The lowest BCUT2D eigenvalue weighted by molar-refractivity contribution is -0.0134. The summed E-state index contributed by atoms with van der Waals surface area (Å²) in [5, 5.41) is 7.01. The number of ether oxygens (including phenoxy) is 1. The molecule has 0 aliphatic heterocycles. The Labute approximate surface area is 119 Å². The second-order valence-electron chi connectivity index (χ2n) is 5.87. The third kappa shape index (κ3) is 4.03. The Kier molecular flexibility index (Phi) is 4.61. The van der Waals surface area contributed by atoms with Crippen molar-refractivity contribution in [3.8, 4) is 0 Å². The molecule has 0 aliphatic rings. The first-order valence-corrected chi connectivity index (χ1v) is 7.64. The van der Waals surface area contributed by atoms with Gasteiger partial charge in [-0.2, -0.15) is 0 Å². The number of hydrogen-bond donors (Lipinski definition) is 1. The quantitative estimate of drug-likeness (QED) is 0.896. The fourth-order valence-electron chi connectivity index (χ4n) is 2.05. The van der Waals surface area contributed by atoms with Gasteiger partial charge in [-0.15, -0.1) is 11.3 Å². The monoisotopic (exact) mass is 277 g/mol. The summed E-state index contributed by atoms with van der Waals surface area (Å²) >= 11 is 1.82. The zero-order valence-corrected chi connectivity index (χ0v) is 13.0. The maximum atomic E-state index is 5.88. The molecule has 0 aliphatic carbocycles. The van der Waals surface area contributed by atoms with Gasteiger partial charge in [-0.25, -0.2) is 0 Å². The fourth-order valence-corrected chi connectivity index (χ4v) is 3.03. The van der Waals surface area contributed by atoms with Crippen molar-refractivity contribution in [3.05, 3.63) is 35.2 Å². The summed E-state index contributed by atoms with van der Waals surface area (Å²) in [6.45, 7) is 7.03. The van der Waals surface area contributed by atoms with Crippen LogP contribution in [0.5, 0.6) is 0 Å². The van der Waals surface area contributed by atoms with Crippen LogP contribution < -0.4 is 5.32 Å². The van der Waals surface area contributed by atoms with E-state index in [0.717, 1.165) is 13.0 Å². The van der Waals surface area contributed by atoms with Crippen LogP contribution in [0.15, 0.2) is 29.6 Å². The molecule has 0 bridgehead atoms. The summed E-state index contributed by atoms with van der Waals surface area (Å²) in [4.78, 5) is 0. The molecule has 0 amide bonds. The predicted octanol–water partition coefficient (Wildman–Crippen LogP) is 3.85. The van der Waals surface area contributed by atoms with E-state index in [4.69, 9.17) is 4.74 Å². The molecule has 2 aromatic rings. The van der Waals surface area contributed by atoms with Gasteiger partial charge in [0.2, 0.25) is 0 Å². The molecule has 2 rings (SSSR count). The smallest absolute Gasteiger partial charge is 0.0629 e. The van der Waals surface area contributed by atoms with Crippen LogP contribution in [0, 0.1) is 0 Å². The summed E-state index contributed by atoms with van der Waals surface area (Å²) < 4.78 is 7.25. The van der Waals surface area contributed by atoms with Gasteiger partial charge < -0.3 is 10.1 Å². The van der Waals surface area contributed by atoms with E-state index >= 15 is 0 Å². The predicted molar refractivity (Wildman–Crippen MR) is 84.1 cm³/mol. The lowest BCUT2D eigenvalue weighted by Gasteiger charge is -2.24. The molecule has 0 radical (unpaired) electrons. The summed E-state index contributed by atoms with van der Waals surface area (Å²) in [5.41, 5.74) is 1.34. The number of rotatable bonds is 5. The molecule has 104 valence electrons. The van der Waals surface area contributed by atoms with Gasteiger partial charge in [-0.3, -0.25) is 0 Å². The summed E-state index contributed by atoms with van der Waals surface area (Å²) in [5.74, 6) is 0. The second kappa shape index (κ2) is 6.04. The zero-order valence-electron chi connectivity index (χ0n) is 12.2. The molecule has 1 atom stereocenters. The number of benzene rings is 1. The lowest BCUT2D eigenvalue weighted by Crippen LogP contribution is -2.36. The molecule has 1 heterocycles. The molecule has 1 aromatic heterocycles. The first kappa shape index (κ1) is 14.5.